The predicted molar refractivity (Wildman–Crippen MR) is 156 cm³/mol. The second kappa shape index (κ2) is 14.1. The number of aryl methyl sites for hydroxylation is 1. The molecule has 0 aromatic heterocycles. The lowest BCUT2D eigenvalue weighted by Gasteiger charge is -2.46. The van der Waals surface area contributed by atoms with Crippen LogP contribution in [-0.4, -0.2) is 50.8 Å². The van der Waals surface area contributed by atoms with Gasteiger partial charge in [0.25, 0.3) is 0 Å². The van der Waals surface area contributed by atoms with E-state index in [-0.39, 0.29) is 11.9 Å². The number of hydrogen-bond donors (Lipinski definition) is 1. The first-order valence-corrected chi connectivity index (χ1v) is 13.8. The summed E-state index contributed by atoms with van der Waals surface area (Å²) in [6.07, 6.45) is 0.790. The lowest BCUT2D eigenvalue weighted by atomic mass is 10.1. The summed E-state index contributed by atoms with van der Waals surface area (Å²) in [5.74, 6) is 0.277. The molecule has 3 aromatic carbocycles. The number of hydrogen-bond acceptors (Lipinski definition) is 3. The maximum atomic E-state index is 14.4. The van der Waals surface area contributed by atoms with Crippen LogP contribution in [-0.2, 0) is 19.5 Å². The van der Waals surface area contributed by atoms with Gasteiger partial charge in [-0.2, -0.15) is 0 Å². The fourth-order valence-electron chi connectivity index (χ4n) is 4.75. The monoisotopic (exact) mass is 515 g/mol. The van der Waals surface area contributed by atoms with Crippen molar-refractivity contribution in [2.24, 2.45) is 5.92 Å². The summed E-state index contributed by atoms with van der Waals surface area (Å²) in [5, 5.41) is 15.1. The van der Waals surface area contributed by atoms with Crippen LogP contribution in [0, 0.1) is 5.92 Å². The summed E-state index contributed by atoms with van der Waals surface area (Å²) >= 11 is 0. The molecule has 2 amide bonds. The van der Waals surface area contributed by atoms with Crippen molar-refractivity contribution in [3.63, 3.8) is 0 Å². The topological polar surface area (TPSA) is 47.0 Å². The van der Waals surface area contributed by atoms with Crippen LogP contribution in [0.5, 0.6) is 0 Å². The lowest BCUT2D eigenvalue weighted by Crippen LogP contribution is -2.60. The lowest BCUT2D eigenvalue weighted by molar-refractivity contribution is -0.0757. The van der Waals surface area contributed by atoms with Gasteiger partial charge in [-0.25, -0.2) is 9.80 Å². The number of nitrogens with zero attached hydrogens (tertiary/aromatic N) is 3. The molecule has 3 rings (SSSR count). The van der Waals surface area contributed by atoms with Gasteiger partial charge in [0.2, 0.25) is 0 Å². The van der Waals surface area contributed by atoms with Gasteiger partial charge in [-0.05, 0) is 56.2 Å². The Morgan fingerprint density at radius 3 is 1.61 bits per heavy atom. The summed E-state index contributed by atoms with van der Waals surface area (Å²) < 4.78 is 0. The number of carbonyl (C=O) groups is 1. The van der Waals surface area contributed by atoms with Crippen molar-refractivity contribution in [1.29, 1.82) is 0 Å². The number of aliphatic hydroxyl groups excluding tert-OH is 1. The van der Waals surface area contributed by atoms with Crippen molar-refractivity contribution >= 4 is 6.03 Å². The molecule has 0 radical (unpaired) electrons. The molecule has 3 aromatic rings. The van der Waals surface area contributed by atoms with Gasteiger partial charge in [0, 0.05) is 26.2 Å². The second-order valence-corrected chi connectivity index (χ2v) is 11.5. The van der Waals surface area contributed by atoms with Gasteiger partial charge < -0.3 is 10.0 Å². The van der Waals surface area contributed by atoms with Crippen LogP contribution in [0.15, 0.2) is 91.0 Å². The Balaban J connectivity index is 1.86. The van der Waals surface area contributed by atoms with Crippen LogP contribution in [0.25, 0.3) is 0 Å². The molecule has 0 aliphatic carbocycles. The van der Waals surface area contributed by atoms with Crippen molar-refractivity contribution in [2.45, 2.75) is 72.2 Å². The molecule has 0 saturated carbocycles. The van der Waals surface area contributed by atoms with E-state index >= 15 is 0 Å². The number of hydrazine groups is 1. The summed E-state index contributed by atoms with van der Waals surface area (Å²) in [7, 11) is 0. The van der Waals surface area contributed by atoms with Crippen LogP contribution < -0.4 is 0 Å². The standard InChI is InChI=1S/C33H45N3O2/c1-27(2)23-34(26-31(37)22-21-28-15-9-6-10-16-28)32(38)36(33(3,4)5)35(24-29-17-11-7-12-18-29)25-30-19-13-8-14-20-30/h6-20,27,31,37H,21-26H2,1-5H3/t31-/m1/s1. The highest BCUT2D eigenvalue weighted by molar-refractivity contribution is 5.75. The number of carbonyl (C=O) groups excluding carboxylic acids is 1. The molecule has 38 heavy (non-hydrogen) atoms. The predicted octanol–water partition coefficient (Wildman–Crippen LogP) is 6.78. The van der Waals surface area contributed by atoms with Crippen molar-refractivity contribution < 1.29 is 9.90 Å². The highest BCUT2D eigenvalue weighted by atomic mass is 16.3. The minimum Gasteiger partial charge on any atom is -0.391 e. The third-order valence-corrected chi connectivity index (χ3v) is 6.41. The molecule has 5 heteroatoms. The van der Waals surface area contributed by atoms with E-state index in [2.05, 4.69) is 76.0 Å². The Hall–Kier alpha value is -3.15. The molecule has 0 bridgehead atoms. The van der Waals surface area contributed by atoms with Gasteiger partial charge in [-0.3, -0.25) is 5.01 Å². The van der Waals surface area contributed by atoms with E-state index in [4.69, 9.17) is 0 Å². The average Bonchev–Trinajstić information content (AvgIpc) is 2.88. The van der Waals surface area contributed by atoms with E-state index in [0.717, 1.165) is 17.5 Å². The molecule has 0 aliphatic heterocycles. The molecule has 5 nitrogen and oxygen atoms in total. The largest absolute Gasteiger partial charge is 0.391 e. The minimum absolute atomic E-state index is 0.0724. The van der Waals surface area contributed by atoms with Crippen molar-refractivity contribution in [1.82, 2.24) is 14.9 Å². The quantitative estimate of drug-likeness (QED) is 0.271. The maximum absolute atomic E-state index is 14.4. The normalized spacial score (nSPS) is 12.5. The number of rotatable bonds is 12. The first-order chi connectivity index (χ1) is 18.1. The van der Waals surface area contributed by atoms with Gasteiger partial charge in [0.05, 0.1) is 11.6 Å². The van der Waals surface area contributed by atoms with E-state index in [1.54, 1.807) is 0 Å². The van der Waals surface area contributed by atoms with Crippen molar-refractivity contribution in [2.75, 3.05) is 13.1 Å². The van der Waals surface area contributed by atoms with Crippen molar-refractivity contribution in [3.8, 4) is 0 Å². The summed E-state index contributed by atoms with van der Waals surface area (Å²) in [6.45, 7) is 12.6. The molecular weight excluding hydrogens is 470 g/mol. The Morgan fingerprint density at radius 1 is 0.737 bits per heavy atom. The van der Waals surface area contributed by atoms with Gasteiger partial charge in [0.15, 0.2) is 0 Å². The van der Waals surface area contributed by atoms with E-state index in [9.17, 15) is 9.90 Å². The SMILES string of the molecule is CC(C)CN(C[C@H](O)CCc1ccccc1)C(=O)N(N(Cc1ccccc1)Cc1ccccc1)C(C)(C)C. The fraction of sp³-hybridized carbons (Fsp3) is 0.424. The van der Waals surface area contributed by atoms with E-state index in [1.165, 1.54) is 5.56 Å². The average molecular weight is 516 g/mol. The van der Waals surface area contributed by atoms with E-state index in [0.29, 0.717) is 32.6 Å². The first kappa shape index (κ1) is 29.4. The van der Waals surface area contributed by atoms with Crippen LogP contribution in [0.4, 0.5) is 4.79 Å². The molecule has 0 aliphatic rings. The Kier molecular flexibility index (Phi) is 10.9. The van der Waals surface area contributed by atoms with E-state index in [1.807, 2.05) is 64.5 Å². The highest BCUT2D eigenvalue weighted by Gasteiger charge is 2.36. The molecule has 1 N–H and O–H groups in total. The Bertz CT molecular complexity index is 1040. The fourth-order valence-corrected chi connectivity index (χ4v) is 4.75. The van der Waals surface area contributed by atoms with Crippen LogP contribution in [0.2, 0.25) is 0 Å². The van der Waals surface area contributed by atoms with Gasteiger partial charge >= 0.3 is 6.03 Å². The van der Waals surface area contributed by atoms with Crippen LogP contribution >= 0.6 is 0 Å². The molecule has 1 atom stereocenters. The van der Waals surface area contributed by atoms with Gasteiger partial charge in [-0.1, -0.05) is 105 Å². The van der Waals surface area contributed by atoms with Crippen LogP contribution in [0.1, 0.15) is 57.7 Å². The number of aliphatic hydroxyl groups is 1. The Labute approximate surface area is 229 Å². The number of urea groups is 1. The van der Waals surface area contributed by atoms with Crippen LogP contribution in [0.3, 0.4) is 0 Å². The zero-order chi connectivity index (χ0) is 27.5. The molecule has 0 fully saturated rings. The Morgan fingerprint density at radius 2 is 1.18 bits per heavy atom. The maximum Gasteiger partial charge on any atom is 0.335 e. The smallest absolute Gasteiger partial charge is 0.335 e. The molecule has 204 valence electrons. The molecule has 0 unspecified atom stereocenters. The third-order valence-electron chi connectivity index (χ3n) is 6.41. The molecule has 0 heterocycles. The summed E-state index contributed by atoms with van der Waals surface area (Å²) in [4.78, 5) is 16.2. The first-order valence-electron chi connectivity index (χ1n) is 13.8. The number of benzene rings is 3. The van der Waals surface area contributed by atoms with Gasteiger partial charge in [-0.15, -0.1) is 0 Å². The molecule has 0 saturated heterocycles. The number of amides is 2. The zero-order valence-electron chi connectivity index (χ0n) is 23.8. The summed E-state index contributed by atoms with van der Waals surface area (Å²) in [6, 6.07) is 30.7. The summed E-state index contributed by atoms with van der Waals surface area (Å²) in [5.41, 5.74) is 3.01. The van der Waals surface area contributed by atoms with E-state index < -0.39 is 11.6 Å². The molecule has 0 spiro atoms. The second-order valence-electron chi connectivity index (χ2n) is 11.5. The zero-order valence-corrected chi connectivity index (χ0v) is 23.8. The van der Waals surface area contributed by atoms with Gasteiger partial charge in [0.1, 0.15) is 0 Å². The highest BCUT2D eigenvalue weighted by Crippen LogP contribution is 2.24. The molecular formula is C33H45N3O2. The third kappa shape index (κ3) is 9.30. The van der Waals surface area contributed by atoms with Crippen molar-refractivity contribution in [3.05, 3.63) is 108 Å². The minimum atomic E-state index is -0.601.